The number of hydrogen-bond donors (Lipinski definition) is 1. The molecule has 0 bridgehead atoms. The molecule has 0 aromatic heterocycles. The largest absolute Gasteiger partial charge is 0.312 e. The first kappa shape index (κ1) is 8.47. The molecule has 0 amide bonds. The van der Waals surface area contributed by atoms with Crippen molar-refractivity contribution in [3.8, 4) is 12.1 Å². The Morgan fingerprint density at radius 3 is 2.50 bits per heavy atom. The summed E-state index contributed by atoms with van der Waals surface area (Å²) < 4.78 is 0. The fourth-order valence-corrected chi connectivity index (χ4v) is 1.95. The molecular formula is C11H7N3. The van der Waals surface area contributed by atoms with Crippen LogP contribution in [-0.2, 0) is 5.41 Å². The van der Waals surface area contributed by atoms with Crippen molar-refractivity contribution >= 4 is 6.21 Å². The van der Waals surface area contributed by atoms with Crippen LogP contribution in [0.5, 0.6) is 0 Å². The van der Waals surface area contributed by atoms with Crippen molar-refractivity contribution < 1.29 is 0 Å². The van der Waals surface area contributed by atoms with E-state index in [9.17, 15) is 0 Å². The highest BCUT2D eigenvalue weighted by Crippen LogP contribution is 2.49. The standard InChI is InChI=1S/C11H7N3/c12-5-10-8-3-1-2-4-9(8)11(10,6-13)7-14/h1-5,10,12H. The molecule has 0 aliphatic heterocycles. The van der Waals surface area contributed by atoms with Crippen molar-refractivity contribution in [3.05, 3.63) is 35.4 Å². The third-order valence-electron chi connectivity index (χ3n) is 2.71. The Morgan fingerprint density at radius 2 is 1.93 bits per heavy atom. The zero-order chi connectivity index (χ0) is 10.2. The maximum Gasteiger partial charge on any atom is 0.180 e. The first-order chi connectivity index (χ1) is 6.80. The lowest BCUT2D eigenvalue weighted by atomic mass is 9.58. The van der Waals surface area contributed by atoms with E-state index < -0.39 is 5.41 Å². The lowest BCUT2D eigenvalue weighted by Crippen LogP contribution is -2.42. The summed E-state index contributed by atoms with van der Waals surface area (Å²) in [5, 5.41) is 25.2. The van der Waals surface area contributed by atoms with Crippen molar-refractivity contribution in [3.63, 3.8) is 0 Å². The average molecular weight is 181 g/mol. The van der Waals surface area contributed by atoms with E-state index in [1.807, 2.05) is 30.3 Å². The minimum Gasteiger partial charge on any atom is -0.312 e. The van der Waals surface area contributed by atoms with Gasteiger partial charge in [-0.2, -0.15) is 10.5 Å². The van der Waals surface area contributed by atoms with Crippen LogP contribution in [0.3, 0.4) is 0 Å². The summed E-state index contributed by atoms with van der Waals surface area (Å²) in [4.78, 5) is 0. The SMILES string of the molecule is N#CC1(C#N)c2ccccc2C1C=N. The van der Waals surface area contributed by atoms with Crippen molar-refractivity contribution in [2.45, 2.75) is 11.3 Å². The van der Waals surface area contributed by atoms with E-state index >= 15 is 0 Å². The van der Waals surface area contributed by atoms with Crippen LogP contribution in [0.1, 0.15) is 17.0 Å². The summed E-state index contributed by atoms with van der Waals surface area (Å²) in [6.45, 7) is 0. The average Bonchev–Trinajstić information content (AvgIpc) is 2.22. The van der Waals surface area contributed by atoms with Gasteiger partial charge in [0.15, 0.2) is 5.41 Å². The Hall–Kier alpha value is -2.13. The molecule has 1 aromatic carbocycles. The highest BCUT2D eigenvalue weighted by Gasteiger charge is 2.52. The number of nitriles is 2. The molecule has 1 atom stereocenters. The zero-order valence-electron chi connectivity index (χ0n) is 7.36. The van der Waals surface area contributed by atoms with Gasteiger partial charge in [-0.15, -0.1) is 0 Å². The molecule has 1 N–H and O–H groups in total. The van der Waals surface area contributed by atoms with Crippen molar-refractivity contribution in [2.24, 2.45) is 0 Å². The first-order valence-corrected chi connectivity index (χ1v) is 4.22. The maximum absolute atomic E-state index is 9.01. The molecule has 0 saturated carbocycles. The van der Waals surface area contributed by atoms with Crippen LogP contribution in [0.2, 0.25) is 0 Å². The molecule has 3 nitrogen and oxygen atoms in total. The number of nitrogens with zero attached hydrogens (tertiary/aromatic N) is 2. The number of fused-ring (bicyclic) bond motifs is 1. The second-order valence-corrected chi connectivity index (χ2v) is 3.26. The molecule has 1 unspecified atom stereocenters. The van der Waals surface area contributed by atoms with Gasteiger partial charge >= 0.3 is 0 Å². The molecule has 0 fully saturated rings. The normalized spacial score (nSPS) is 20.9. The highest BCUT2D eigenvalue weighted by molar-refractivity contribution is 5.79. The Kier molecular flexibility index (Phi) is 1.62. The molecule has 0 spiro atoms. The van der Waals surface area contributed by atoms with Crippen LogP contribution in [0.15, 0.2) is 24.3 Å². The summed E-state index contributed by atoms with van der Waals surface area (Å²) in [7, 11) is 0. The minimum absolute atomic E-state index is 0.367. The molecule has 3 heteroatoms. The van der Waals surface area contributed by atoms with Crippen LogP contribution in [0, 0.1) is 28.1 Å². The van der Waals surface area contributed by atoms with E-state index in [-0.39, 0.29) is 5.92 Å². The van der Waals surface area contributed by atoms with E-state index in [0.29, 0.717) is 0 Å². The van der Waals surface area contributed by atoms with E-state index in [1.54, 1.807) is 6.07 Å². The van der Waals surface area contributed by atoms with Gasteiger partial charge in [0.2, 0.25) is 0 Å². The molecule has 66 valence electrons. The predicted molar refractivity (Wildman–Crippen MR) is 50.9 cm³/mol. The Bertz CT molecular complexity index is 462. The van der Waals surface area contributed by atoms with Gasteiger partial charge in [0.05, 0.1) is 18.1 Å². The van der Waals surface area contributed by atoms with Gasteiger partial charge < -0.3 is 5.41 Å². The van der Waals surface area contributed by atoms with E-state index in [2.05, 4.69) is 0 Å². The number of benzene rings is 1. The van der Waals surface area contributed by atoms with Crippen LogP contribution in [0.4, 0.5) is 0 Å². The van der Waals surface area contributed by atoms with Gasteiger partial charge in [-0.25, -0.2) is 0 Å². The summed E-state index contributed by atoms with van der Waals surface area (Å²) in [6, 6.07) is 11.3. The zero-order valence-corrected chi connectivity index (χ0v) is 7.36. The smallest absolute Gasteiger partial charge is 0.180 e. The lowest BCUT2D eigenvalue weighted by Gasteiger charge is -2.39. The Balaban J connectivity index is 2.67. The number of hydrogen-bond acceptors (Lipinski definition) is 3. The second-order valence-electron chi connectivity index (χ2n) is 3.26. The Labute approximate surface area is 81.7 Å². The number of nitrogens with one attached hydrogen (secondary N) is 1. The second kappa shape index (κ2) is 2.68. The fourth-order valence-electron chi connectivity index (χ4n) is 1.95. The summed E-state index contributed by atoms with van der Waals surface area (Å²) in [6.07, 6.45) is 1.18. The molecule has 1 aliphatic carbocycles. The lowest BCUT2D eigenvalue weighted by molar-refractivity contribution is 0.568. The third-order valence-corrected chi connectivity index (χ3v) is 2.71. The minimum atomic E-state index is -1.13. The molecule has 14 heavy (non-hydrogen) atoms. The maximum atomic E-state index is 9.01. The molecule has 0 heterocycles. The highest BCUT2D eigenvalue weighted by atomic mass is 14.6. The van der Waals surface area contributed by atoms with Gasteiger partial charge in [-0.1, -0.05) is 24.3 Å². The molecule has 1 aromatic rings. The van der Waals surface area contributed by atoms with Crippen LogP contribution >= 0.6 is 0 Å². The summed E-state index contributed by atoms with van der Waals surface area (Å²) >= 11 is 0. The van der Waals surface area contributed by atoms with Gasteiger partial charge in [0, 0.05) is 6.21 Å². The first-order valence-electron chi connectivity index (χ1n) is 4.22. The summed E-state index contributed by atoms with van der Waals surface area (Å²) in [5.41, 5.74) is 0.544. The monoisotopic (exact) mass is 181 g/mol. The molecular weight excluding hydrogens is 174 g/mol. The van der Waals surface area contributed by atoms with Crippen LogP contribution in [-0.4, -0.2) is 6.21 Å². The van der Waals surface area contributed by atoms with Crippen LogP contribution < -0.4 is 0 Å². The molecule has 1 aliphatic rings. The molecule has 0 saturated heterocycles. The Morgan fingerprint density at radius 1 is 1.29 bits per heavy atom. The molecule has 0 radical (unpaired) electrons. The number of rotatable bonds is 1. The van der Waals surface area contributed by atoms with E-state index in [4.69, 9.17) is 15.9 Å². The van der Waals surface area contributed by atoms with Crippen molar-refractivity contribution in [1.82, 2.24) is 0 Å². The van der Waals surface area contributed by atoms with Crippen LogP contribution in [0.25, 0.3) is 0 Å². The van der Waals surface area contributed by atoms with Gasteiger partial charge in [-0.05, 0) is 11.1 Å². The van der Waals surface area contributed by atoms with Crippen molar-refractivity contribution in [2.75, 3.05) is 0 Å². The van der Waals surface area contributed by atoms with Crippen molar-refractivity contribution in [1.29, 1.82) is 15.9 Å². The molecule has 2 rings (SSSR count). The summed E-state index contributed by atoms with van der Waals surface area (Å²) in [5.74, 6) is -0.367. The van der Waals surface area contributed by atoms with Gasteiger partial charge in [0.1, 0.15) is 0 Å². The van der Waals surface area contributed by atoms with E-state index in [1.165, 1.54) is 6.21 Å². The van der Waals surface area contributed by atoms with E-state index in [0.717, 1.165) is 11.1 Å². The fraction of sp³-hybridized carbons (Fsp3) is 0.182. The van der Waals surface area contributed by atoms with Gasteiger partial charge in [0.25, 0.3) is 0 Å². The third kappa shape index (κ3) is 0.719. The predicted octanol–water partition coefficient (Wildman–Crippen LogP) is 1.72. The topological polar surface area (TPSA) is 71.4 Å². The van der Waals surface area contributed by atoms with Gasteiger partial charge in [-0.3, -0.25) is 0 Å². The quantitative estimate of drug-likeness (QED) is 0.670.